The van der Waals surface area contributed by atoms with Gasteiger partial charge in [-0.2, -0.15) is 5.26 Å². The summed E-state index contributed by atoms with van der Waals surface area (Å²) in [6.07, 6.45) is 9.44. The van der Waals surface area contributed by atoms with Gasteiger partial charge in [0.05, 0.1) is 4.91 Å². The molecule has 2 aliphatic heterocycles. The summed E-state index contributed by atoms with van der Waals surface area (Å²) in [6, 6.07) is 2.06. The Morgan fingerprint density at radius 3 is 2.52 bits per heavy atom. The van der Waals surface area contributed by atoms with E-state index in [1.165, 1.54) is 18.2 Å². The summed E-state index contributed by atoms with van der Waals surface area (Å²) >= 11 is 6.79. The van der Waals surface area contributed by atoms with Crippen molar-refractivity contribution in [2.24, 2.45) is 7.05 Å². The largest absolute Gasteiger partial charge is 0.357 e. The molecule has 0 atom stereocenters. The SMILES string of the molecule is CCCCCCN1C(=O)C(=Cc2c(C)c(C#N)c(=O)n(C)c2N2CCCCC2)SC1=S. The number of pyridine rings is 1. The number of unbranched alkanes of at least 4 members (excludes halogenated alkanes) is 3. The minimum atomic E-state index is -0.291. The number of thiocarbonyl (C=S) groups is 1. The standard InChI is InChI=1S/C23H30N4O2S2/c1-4-5-6-10-13-27-22(29)19(31-23(27)30)14-17-16(2)18(15-24)21(28)25(3)20(17)26-11-8-7-9-12-26/h14H,4-13H2,1-3H3. The molecule has 0 saturated carbocycles. The molecule has 0 spiro atoms. The fraction of sp³-hybridized carbons (Fsp3) is 0.565. The maximum absolute atomic E-state index is 13.1. The Morgan fingerprint density at radius 1 is 1.16 bits per heavy atom. The second kappa shape index (κ2) is 10.5. The van der Waals surface area contributed by atoms with Crippen molar-refractivity contribution < 1.29 is 4.79 Å². The van der Waals surface area contributed by atoms with Crippen LogP contribution >= 0.6 is 24.0 Å². The zero-order chi connectivity index (χ0) is 22.5. The van der Waals surface area contributed by atoms with Crippen LogP contribution in [-0.2, 0) is 11.8 Å². The molecule has 1 aromatic rings. The Balaban J connectivity index is 2.02. The van der Waals surface area contributed by atoms with Crippen LogP contribution in [0.25, 0.3) is 6.08 Å². The van der Waals surface area contributed by atoms with Crippen molar-refractivity contribution in [3.63, 3.8) is 0 Å². The maximum Gasteiger partial charge on any atom is 0.270 e. The van der Waals surface area contributed by atoms with Gasteiger partial charge in [0.1, 0.15) is 21.8 Å². The summed E-state index contributed by atoms with van der Waals surface area (Å²) in [5.74, 6) is 0.706. The lowest BCUT2D eigenvalue weighted by Crippen LogP contribution is -2.36. The first-order valence-corrected chi connectivity index (χ1v) is 12.3. The zero-order valence-electron chi connectivity index (χ0n) is 18.6. The highest BCUT2D eigenvalue weighted by molar-refractivity contribution is 8.26. The normalized spacial score (nSPS) is 18.2. The van der Waals surface area contributed by atoms with Gasteiger partial charge in [-0.3, -0.25) is 19.1 Å². The van der Waals surface area contributed by atoms with E-state index in [1.54, 1.807) is 23.4 Å². The molecule has 166 valence electrons. The molecule has 0 aromatic carbocycles. The van der Waals surface area contributed by atoms with E-state index in [2.05, 4.69) is 17.9 Å². The van der Waals surface area contributed by atoms with Crippen LogP contribution in [0, 0.1) is 18.3 Å². The molecule has 8 heteroatoms. The van der Waals surface area contributed by atoms with Crippen LogP contribution in [0.15, 0.2) is 9.70 Å². The Labute approximate surface area is 193 Å². The average molecular weight is 459 g/mol. The van der Waals surface area contributed by atoms with E-state index in [0.717, 1.165) is 63.0 Å². The summed E-state index contributed by atoms with van der Waals surface area (Å²) in [5.41, 5.74) is 1.23. The molecule has 2 saturated heterocycles. The summed E-state index contributed by atoms with van der Waals surface area (Å²) < 4.78 is 2.14. The lowest BCUT2D eigenvalue weighted by atomic mass is 10.0. The van der Waals surface area contributed by atoms with Gasteiger partial charge in [0.25, 0.3) is 11.5 Å². The van der Waals surface area contributed by atoms with Crippen molar-refractivity contribution in [2.75, 3.05) is 24.5 Å². The van der Waals surface area contributed by atoms with Crippen molar-refractivity contribution in [2.45, 2.75) is 58.8 Å². The molecule has 2 aliphatic rings. The van der Waals surface area contributed by atoms with Crippen LogP contribution in [-0.4, -0.2) is 39.3 Å². The number of anilines is 1. The van der Waals surface area contributed by atoms with Crippen LogP contribution in [0.3, 0.4) is 0 Å². The van der Waals surface area contributed by atoms with E-state index in [9.17, 15) is 14.9 Å². The van der Waals surface area contributed by atoms with E-state index in [0.29, 0.717) is 21.3 Å². The number of nitrogens with zero attached hydrogens (tertiary/aromatic N) is 4. The number of hydrogen-bond donors (Lipinski definition) is 0. The molecule has 0 N–H and O–H groups in total. The average Bonchev–Trinajstić information content (AvgIpc) is 3.03. The number of rotatable bonds is 7. The monoisotopic (exact) mass is 458 g/mol. The van der Waals surface area contributed by atoms with Gasteiger partial charge >= 0.3 is 0 Å². The topological polar surface area (TPSA) is 69.3 Å². The Morgan fingerprint density at radius 2 is 1.87 bits per heavy atom. The Bertz CT molecular complexity index is 1000. The Hall–Kier alpha value is -2.11. The number of nitriles is 1. The summed E-state index contributed by atoms with van der Waals surface area (Å²) in [7, 11) is 1.71. The Kier molecular flexibility index (Phi) is 7.95. The predicted octanol–water partition coefficient (Wildman–Crippen LogP) is 4.34. The molecule has 1 aromatic heterocycles. The van der Waals surface area contributed by atoms with E-state index in [4.69, 9.17) is 12.2 Å². The van der Waals surface area contributed by atoms with Gasteiger partial charge in [0.2, 0.25) is 0 Å². The fourth-order valence-electron chi connectivity index (χ4n) is 4.22. The van der Waals surface area contributed by atoms with Crippen LogP contribution < -0.4 is 10.5 Å². The van der Waals surface area contributed by atoms with Crippen LogP contribution in [0.1, 0.15) is 68.6 Å². The van der Waals surface area contributed by atoms with E-state index in [-0.39, 0.29) is 17.0 Å². The minimum absolute atomic E-state index is 0.0807. The van der Waals surface area contributed by atoms with Crippen molar-refractivity contribution in [3.05, 3.63) is 31.9 Å². The number of carbonyl (C=O) groups is 1. The molecular weight excluding hydrogens is 428 g/mol. The first-order chi connectivity index (χ1) is 14.9. The number of aromatic nitrogens is 1. The molecule has 2 fully saturated rings. The molecule has 0 radical (unpaired) electrons. The first-order valence-electron chi connectivity index (χ1n) is 11.0. The summed E-state index contributed by atoms with van der Waals surface area (Å²) in [4.78, 5) is 30.3. The summed E-state index contributed by atoms with van der Waals surface area (Å²) in [6.45, 7) is 6.31. The van der Waals surface area contributed by atoms with Crippen molar-refractivity contribution >= 4 is 46.1 Å². The number of piperidine rings is 1. The second-order valence-corrected chi connectivity index (χ2v) is 9.83. The lowest BCUT2D eigenvalue weighted by Gasteiger charge is -2.32. The van der Waals surface area contributed by atoms with Crippen molar-refractivity contribution in [3.8, 4) is 6.07 Å². The van der Waals surface area contributed by atoms with Crippen LogP contribution in [0.4, 0.5) is 5.82 Å². The van der Waals surface area contributed by atoms with Crippen molar-refractivity contribution in [1.29, 1.82) is 5.26 Å². The third kappa shape index (κ3) is 4.88. The van der Waals surface area contributed by atoms with Gasteiger partial charge in [-0.15, -0.1) is 0 Å². The van der Waals surface area contributed by atoms with Crippen molar-refractivity contribution in [1.82, 2.24) is 9.47 Å². The number of amides is 1. The predicted molar refractivity (Wildman–Crippen MR) is 131 cm³/mol. The molecule has 0 aliphatic carbocycles. The molecule has 3 heterocycles. The molecule has 0 bridgehead atoms. The van der Waals surface area contributed by atoms with E-state index >= 15 is 0 Å². The first kappa shape index (κ1) is 23.6. The van der Waals surface area contributed by atoms with Gasteiger partial charge in [-0.25, -0.2) is 0 Å². The maximum atomic E-state index is 13.1. The molecule has 0 unspecified atom stereocenters. The highest BCUT2D eigenvalue weighted by Gasteiger charge is 2.32. The number of hydrogen-bond acceptors (Lipinski definition) is 6. The lowest BCUT2D eigenvalue weighted by molar-refractivity contribution is -0.122. The second-order valence-electron chi connectivity index (χ2n) is 8.15. The van der Waals surface area contributed by atoms with Gasteiger partial charge in [0.15, 0.2) is 0 Å². The van der Waals surface area contributed by atoms with E-state index < -0.39 is 0 Å². The third-order valence-electron chi connectivity index (χ3n) is 6.01. The van der Waals surface area contributed by atoms with E-state index in [1.807, 2.05) is 6.08 Å². The molecule has 6 nitrogen and oxygen atoms in total. The van der Waals surface area contributed by atoms with Crippen LogP contribution in [0.5, 0.6) is 0 Å². The molecule has 31 heavy (non-hydrogen) atoms. The highest BCUT2D eigenvalue weighted by atomic mass is 32.2. The molecular formula is C23H30N4O2S2. The van der Waals surface area contributed by atoms with Gasteiger partial charge in [-0.05, 0) is 44.2 Å². The quantitative estimate of drug-likeness (QED) is 0.344. The fourth-order valence-corrected chi connectivity index (χ4v) is 5.51. The third-order valence-corrected chi connectivity index (χ3v) is 7.39. The molecule has 3 rings (SSSR count). The van der Waals surface area contributed by atoms with Gasteiger partial charge < -0.3 is 4.90 Å². The van der Waals surface area contributed by atoms with Crippen LogP contribution in [0.2, 0.25) is 0 Å². The minimum Gasteiger partial charge on any atom is -0.357 e. The smallest absolute Gasteiger partial charge is 0.270 e. The molecule has 1 amide bonds. The van der Waals surface area contributed by atoms with Gasteiger partial charge in [-0.1, -0.05) is 50.2 Å². The highest BCUT2D eigenvalue weighted by Crippen LogP contribution is 2.36. The number of thioether (sulfide) groups is 1. The summed E-state index contributed by atoms with van der Waals surface area (Å²) in [5, 5.41) is 9.59. The zero-order valence-corrected chi connectivity index (χ0v) is 20.2. The van der Waals surface area contributed by atoms with Gasteiger partial charge in [0, 0.05) is 32.2 Å². The number of carbonyl (C=O) groups excluding carboxylic acids is 1.